The molecule has 4 nitrogen and oxygen atoms in total. The molecule has 4 heteroatoms. The number of benzene rings is 1. The third-order valence-electron chi connectivity index (χ3n) is 4.93. The van der Waals surface area contributed by atoms with Gasteiger partial charge in [-0.05, 0) is 39.2 Å². The number of fused-ring (bicyclic) bond motifs is 1. The zero-order chi connectivity index (χ0) is 15.6. The molecule has 2 heterocycles. The van der Waals surface area contributed by atoms with Crippen molar-refractivity contribution in [3.63, 3.8) is 0 Å². The minimum atomic E-state index is -0.342. The first-order valence-electron chi connectivity index (χ1n) is 8.15. The number of piperidine rings is 1. The molecule has 0 N–H and O–H groups in total. The summed E-state index contributed by atoms with van der Waals surface area (Å²) in [5.74, 6) is -0.00214. The lowest BCUT2D eigenvalue weighted by atomic mass is 10.1. The molecule has 0 saturated carbocycles. The molecule has 0 bridgehead atoms. The molecule has 0 spiro atoms. The van der Waals surface area contributed by atoms with E-state index in [0.29, 0.717) is 12.5 Å². The van der Waals surface area contributed by atoms with Crippen LogP contribution in [0.4, 0.5) is 0 Å². The van der Waals surface area contributed by atoms with E-state index in [1.165, 1.54) is 19.3 Å². The van der Waals surface area contributed by atoms with Gasteiger partial charge in [-0.25, -0.2) is 4.79 Å². The zero-order valence-corrected chi connectivity index (χ0v) is 13.4. The van der Waals surface area contributed by atoms with Crippen LogP contribution in [0.1, 0.15) is 42.3 Å². The highest BCUT2D eigenvalue weighted by Crippen LogP contribution is 2.26. The largest absolute Gasteiger partial charge is 0.449 e. The number of likely N-dealkylation sites (tertiary alicyclic amines) is 1. The molecule has 0 atom stereocenters. The van der Waals surface area contributed by atoms with E-state index in [1.54, 1.807) is 0 Å². The average molecular weight is 302 g/mol. The summed E-state index contributed by atoms with van der Waals surface area (Å²) in [6.45, 7) is 7.74. The molecule has 22 heavy (non-hydrogen) atoms. The van der Waals surface area contributed by atoms with Crippen molar-refractivity contribution in [3.8, 4) is 0 Å². The van der Waals surface area contributed by atoms with E-state index < -0.39 is 0 Å². The van der Waals surface area contributed by atoms with E-state index >= 15 is 0 Å². The molecule has 1 aromatic heterocycles. The van der Waals surface area contributed by atoms with E-state index in [2.05, 4.69) is 6.92 Å². The number of furan rings is 1. The van der Waals surface area contributed by atoms with Gasteiger partial charge in [0.25, 0.3) is 0 Å². The second-order valence-electron chi connectivity index (χ2n) is 6.28. The van der Waals surface area contributed by atoms with Crippen molar-refractivity contribution in [2.24, 2.45) is 0 Å². The SMILES string of the molecule is CC[N+]1(COC(=O)c2oc3ccccc3c2C)CCCCC1. The van der Waals surface area contributed by atoms with E-state index in [9.17, 15) is 4.79 Å². The summed E-state index contributed by atoms with van der Waals surface area (Å²) in [6, 6.07) is 7.70. The highest BCUT2D eigenvalue weighted by atomic mass is 16.6. The minimum Gasteiger partial charge on any atom is -0.449 e. The van der Waals surface area contributed by atoms with Crippen molar-refractivity contribution < 1.29 is 18.4 Å². The van der Waals surface area contributed by atoms with E-state index in [1.807, 2.05) is 31.2 Å². The second-order valence-corrected chi connectivity index (χ2v) is 6.28. The summed E-state index contributed by atoms with van der Waals surface area (Å²) < 4.78 is 12.2. The van der Waals surface area contributed by atoms with Crippen molar-refractivity contribution in [1.82, 2.24) is 0 Å². The summed E-state index contributed by atoms with van der Waals surface area (Å²) in [5.41, 5.74) is 1.60. The first-order chi connectivity index (χ1) is 10.7. The number of quaternary nitrogens is 1. The molecular formula is C18H24NO3+. The van der Waals surface area contributed by atoms with Crippen LogP contribution >= 0.6 is 0 Å². The number of esters is 1. The fourth-order valence-electron chi connectivity index (χ4n) is 3.35. The first-order valence-corrected chi connectivity index (χ1v) is 8.15. The molecule has 0 aliphatic carbocycles. The molecule has 1 aromatic carbocycles. The molecule has 1 saturated heterocycles. The highest BCUT2D eigenvalue weighted by Gasteiger charge is 2.30. The summed E-state index contributed by atoms with van der Waals surface area (Å²) in [6.07, 6.45) is 3.72. The summed E-state index contributed by atoms with van der Waals surface area (Å²) in [4.78, 5) is 12.4. The van der Waals surface area contributed by atoms with Crippen LogP contribution in [-0.4, -0.2) is 36.8 Å². The van der Waals surface area contributed by atoms with Gasteiger partial charge in [-0.3, -0.25) is 4.48 Å². The number of para-hydroxylation sites is 1. The number of rotatable bonds is 4. The van der Waals surface area contributed by atoms with Gasteiger partial charge in [0.2, 0.25) is 12.5 Å². The third kappa shape index (κ3) is 2.75. The van der Waals surface area contributed by atoms with Crippen LogP contribution in [0.2, 0.25) is 0 Å². The summed E-state index contributed by atoms with van der Waals surface area (Å²) >= 11 is 0. The van der Waals surface area contributed by atoms with Crippen molar-refractivity contribution in [1.29, 1.82) is 0 Å². The van der Waals surface area contributed by atoms with Crippen LogP contribution < -0.4 is 0 Å². The van der Waals surface area contributed by atoms with Gasteiger partial charge in [0.1, 0.15) is 5.58 Å². The van der Waals surface area contributed by atoms with Crippen molar-refractivity contribution >= 4 is 16.9 Å². The van der Waals surface area contributed by atoms with E-state index in [4.69, 9.17) is 9.15 Å². The van der Waals surface area contributed by atoms with E-state index in [0.717, 1.165) is 40.6 Å². The van der Waals surface area contributed by atoms with Gasteiger partial charge in [-0.1, -0.05) is 18.2 Å². The lowest BCUT2D eigenvalue weighted by Crippen LogP contribution is -2.52. The number of hydrogen-bond donors (Lipinski definition) is 0. The molecule has 1 fully saturated rings. The van der Waals surface area contributed by atoms with Gasteiger partial charge < -0.3 is 9.15 Å². The molecule has 2 aromatic rings. The normalized spacial score (nSPS) is 17.5. The smallest absolute Gasteiger partial charge is 0.378 e. The standard InChI is InChI=1S/C18H24NO3/c1-3-19(11-7-4-8-12-19)13-21-18(20)17-14(2)15-9-5-6-10-16(15)22-17/h5-6,9-10H,3-4,7-8,11-13H2,1-2H3/q+1. The number of hydrogen-bond acceptors (Lipinski definition) is 3. The Morgan fingerprint density at radius 3 is 2.64 bits per heavy atom. The molecule has 0 amide bonds. The van der Waals surface area contributed by atoms with Crippen molar-refractivity contribution in [2.75, 3.05) is 26.4 Å². The van der Waals surface area contributed by atoms with Crippen LogP contribution in [-0.2, 0) is 4.74 Å². The lowest BCUT2D eigenvalue weighted by Gasteiger charge is -2.39. The van der Waals surface area contributed by atoms with Gasteiger partial charge >= 0.3 is 5.97 Å². The maximum Gasteiger partial charge on any atom is 0.378 e. The molecule has 0 unspecified atom stereocenters. The second kappa shape index (κ2) is 6.13. The van der Waals surface area contributed by atoms with Crippen LogP contribution in [0.5, 0.6) is 0 Å². The number of carbonyl (C=O) groups is 1. The average Bonchev–Trinajstić information content (AvgIpc) is 2.91. The van der Waals surface area contributed by atoms with Crippen LogP contribution in [0, 0.1) is 6.92 Å². The maximum absolute atomic E-state index is 12.4. The molecule has 0 radical (unpaired) electrons. The molecular weight excluding hydrogens is 278 g/mol. The Hall–Kier alpha value is -1.81. The molecule has 118 valence electrons. The fourth-order valence-corrected chi connectivity index (χ4v) is 3.35. The van der Waals surface area contributed by atoms with Gasteiger partial charge in [0, 0.05) is 10.9 Å². The monoisotopic (exact) mass is 302 g/mol. The topological polar surface area (TPSA) is 39.4 Å². The lowest BCUT2D eigenvalue weighted by molar-refractivity contribution is -0.946. The quantitative estimate of drug-likeness (QED) is 0.635. The van der Waals surface area contributed by atoms with Crippen LogP contribution in [0.25, 0.3) is 11.0 Å². The van der Waals surface area contributed by atoms with Gasteiger partial charge in [-0.15, -0.1) is 0 Å². The van der Waals surface area contributed by atoms with E-state index in [-0.39, 0.29) is 5.97 Å². The number of carbonyl (C=O) groups excluding carboxylic acids is 1. The Bertz CT molecular complexity index is 668. The first kappa shape index (κ1) is 15.1. The number of aryl methyl sites for hydroxylation is 1. The predicted molar refractivity (Wildman–Crippen MR) is 85.6 cm³/mol. The highest BCUT2D eigenvalue weighted by molar-refractivity contribution is 5.95. The molecule has 3 rings (SSSR count). The minimum absolute atomic E-state index is 0.340. The van der Waals surface area contributed by atoms with Crippen LogP contribution in [0.15, 0.2) is 28.7 Å². The number of ether oxygens (including phenoxy) is 1. The molecule has 1 aliphatic heterocycles. The Morgan fingerprint density at radius 2 is 1.95 bits per heavy atom. The summed E-state index contributed by atoms with van der Waals surface area (Å²) in [7, 11) is 0. The Balaban J connectivity index is 1.74. The van der Waals surface area contributed by atoms with Gasteiger partial charge in [-0.2, -0.15) is 0 Å². The van der Waals surface area contributed by atoms with Crippen molar-refractivity contribution in [2.45, 2.75) is 33.1 Å². The third-order valence-corrected chi connectivity index (χ3v) is 4.93. The predicted octanol–water partition coefficient (Wildman–Crippen LogP) is 3.88. The van der Waals surface area contributed by atoms with Crippen molar-refractivity contribution in [3.05, 3.63) is 35.6 Å². The molecule has 1 aliphatic rings. The van der Waals surface area contributed by atoms with Gasteiger partial charge in [0.15, 0.2) is 0 Å². The Labute approximate surface area is 131 Å². The summed E-state index contributed by atoms with van der Waals surface area (Å²) in [5, 5.41) is 0.979. The van der Waals surface area contributed by atoms with Crippen LogP contribution in [0.3, 0.4) is 0 Å². The maximum atomic E-state index is 12.4. The zero-order valence-electron chi connectivity index (χ0n) is 13.4. The Kier molecular flexibility index (Phi) is 4.21. The fraction of sp³-hybridized carbons (Fsp3) is 0.500. The number of nitrogens with zero attached hydrogens (tertiary/aromatic N) is 1. The Morgan fingerprint density at radius 1 is 1.23 bits per heavy atom. The van der Waals surface area contributed by atoms with Gasteiger partial charge in [0.05, 0.1) is 19.6 Å².